The van der Waals surface area contributed by atoms with Gasteiger partial charge in [-0.2, -0.15) is 0 Å². The average Bonchev–Trinajstić information content (AvgIpc) is 2.98. The molecule has 1 N–H and O–H groups in total. The fourth-order valence-electron chi connectivity index (χ4n) is 1.85. The number of hydrogen-bond acceptors (Lipinski definition) is 12. The van der Waals surface area contributed by atoms with Gasteiger partial charge >= 0.3 is 19.5 Å². The van der Waals surface area contributed by atoms with E-state index in [1.807, 2.05) is 18.3 Å². The zero-order valence-corrected chi connectivity index (χ0v) is 20.4. The molecule has 1 aliphatic carbocycles. The molecule has 0 bridgehead atoms. The molecule has 13 nitrogen and oxygen atoms in total. The predicted octanol–water partition coefficient (Wildman–Crippen LogP) is -9.43. The summed E-state index contributed by atoms with van der Waals surface area (Å²) in [5.41, 5.74) is 1.21. The van der Waals surface area contributed by atoms with Crippen molar-refractivity contribution in [2.24, 2.45) is 0 Å². The first kappa shape index (κ1) is 36.8. The Labute approximate surface area is 208 Å². The van der Waals surface area contributed by atoms with E-state index in [4.69, 9.17) is 55.9 Å². The second kappa shape index (κ2) is 19.5. The van der Waals surface area contributed by atoms with E-state index < -0.39 is 30.7 Å². The third kappa shape index (κ3) is 45.5. The van der Waals surface area contributed by atoms with Crippen LogP contribution < -0.4 is 55.9 Å². The van der Waals surface area contributed by atoms with Crippen LogP contribution in [0.5, 0.6) is 0 Å². The summed E-state index contributed by atoms with van der Waals surface area (Å²) in [5.74, 6) is 0. The number of para-hydroxylation sites is 1. The van der Waals surface area contributed by atoms with Gasteiger partial charge in [0.1, 0.15) is 0 Å². The van der Waals surface area contributed by atoms with Crippen molar-refractivity contribution in [1.82, 2.24) is 4.98 Å². The predicted molar refractivity (Wildman–Crippen MR) is 75.0 cm³/mol. The fourth-order valence-corrected chi connectivity index (χ4v) is 1.85. The Hall–Kier alpha value is -0.747. The van der Waals surface area contributed by atoms with Gasteiger partial charge in [0.2, 0.25) is 0 Å². The standard InChI is InChI=1S/C8H7N.C8H12.3ClHO4.Rh/c1-2-4-8-7(3-1)5-6-9-8;1-2-4-6-8-7-5-3-1;3*2-1(3,4)5;/h1-6,9H;1-2,7-8H,3-6H2;3*(H,2,3,4,5);/q;;;;;+3/p-3/b;2-1-,8-7?;;;;. The number of fused-ring (bicyclic) bond motifs is 1. The molecule has 0 aliphatic heterocycles. The average molecular weight is 627 g/mol. The Balaban J connectivity index is -0.000000350. The summed E-state index contributed by atoms with van der Waals surface area (Å²) in [5, 5.41) is 1.28. The van der Waals surface area contributed by atoms with Gasteiger partial charge in [0, 0.05) is 11.7 Å². The Bertz CT molecular complexity index is 670. The number of hydrogen-bond donors (Lipinski definition) is 1. The smallest absolute Gasteiger partial charge is 0.361 e. The van der Waals surface area contributed by atoms with Crippen molar-refractivity contribution in [3.8, 4) is 0 Å². The summed E-state index contributed by atoms with van der Waals surface area (Å²) >= 11 is 0. The van der Waals surface area contributed by atoms with Crippen LogP contribution >= 0.6 is 0 Å². The molecule has 17 heteroatoms. The van der Waals surface area contributed by atoms with Crippen LogP contribution in [0.3, 0.4) is 0 Å². The van der Waals surface area contributed by atoms with Gasteiger partial charge in [0.25, 0.3) is 0 Å². The van der Waals surface area contributed by atoms with E-state index in [1.165, 1.54) is 36.6 Å². The number of rotatable bonds is 0. The maximum absolute atomic E-state index is 8.49. The van der Waals surface area contributed by atoms with E-state index in [0.29, 0.717) is 0 Å². The first-order chi connectivity index (χ1) is 14.5. The Morgan fingerprint density at radius 2 is 0.818 bits per heavy atom. The van der Waals surface area contributed by atoms with Crippen molar-refractivity contribution in [3.63, 3.8) is 0 Å². The zero-order valence-electron chi connectivity index (χ0n) is 16.5. The molecule has 0 amide bonds. The summed E-state index contributed by atoms with van der Waals surface area (Å²) in [6, 6.07) is 10.3. The van der Waals surface area contributed by atoms with Gasteiger partial charge < -0.3 is 4.98 Å². The molecule has 0 saturated heterocycles. The summed E-state index contributed by atoms with van der Waals surface area (Å²) in [6.07, 6.45) is 15.9. The molecular formula is C16H19Cl3NO12Rh. The van der Waals surface area contributed by atoms with Crippen molar-refractivity contribution < 1.29 is 106 Å². The molecule has 2 aromatic rings. The van der Waals surface area contributed by atoms with Gasteiger partial charge in [0.15, 0.2) is 0 Å². The molecule has 190 valence electrons. The molecule has 1 heterocycles. The fraction of sp³-hybridized carbons (Fsp3) is 0.250. The minimum atomic E-state index is -4.94. The van der Waals surface area contributed by atoms with E-state index in [9.17, 15) is 0 Å². The molecule has 1 aliphatic rings. The molecule has 3 rings (SSSR count). The minimum absolute atomic E-state index is 0. The second-order valence-corrected chi connectivity index (χ2v) is 7.56. The zero-order chi connectivity index (χ0) is 25.3. The van der Waals surface area contributed by atoms with Crippen LogP contribution in [-0.2, 0) is 19.5 Å². The quantitative estimate of drug-likeness (QED) is 0.211. The van der Waals surface area contributed by atoms with Crippen molar-refractivity contribution in [3.05, 3.63) is 60.8 Å². The maximum atomic E-state index is 8.49. The van der Waals surface area contributed by atoms with Gasteiger partial charge in [-0.05, 0) is 43.2 Å². The molecule has 0 fully saturated rings. The van der Waals surface area contributed by atoms with E-state index >= 15 is 0 Å². The SMILES string of the molecule is C1=CCC/C=C\CC1.[O-][Cl+3]([O-])([O-])[O-].[O-][Cl+3]([O-])([O-])[O-].[O-][Cl+3]([O-])([O-])[O-].[Rh+3].c1ccc2[nH]ccc2c1. The Kier molecular flexibility index (Phi) is 21.8. The summed E-state index contributed by atoms with van der Waals surface area (Å²) < 4.78 is 102. The van der Waals surface area contributed by atoms with Crippen LogP contribution in [0.4, 0.5) is 0 Å². The number of halogens is 3. The van der Waals surface area contributed by atoms with Crippen LogP contribution in [0.2, 0.25) is 0 Å². The first-order valence-electron chi connectivity index (χ1n) is 8.14. The number of aromatic amines is 1. The number of allylic oxidation sites excluding steroid dienone is 4. The number of H-pyrrole nitrogens is 1. The van der Waals surface area contributed by atoms with E-state index in [2.05, 4.69) is 47.5 Å². The van der Waals surface area contributed by atoms with Crippen molar-refractivity contribution in [2.45, 2.75) is 25.7 Å². The summed E-state index contributed by atoms with van der Waals surface area (Å²) in [6.45, 7) is 0. The third-order valence-electron chi connectivity index (χ3n) is 2.80. The van der Waals surface area contributed by atoms with E-state index in [1.54, 1.807) is 0 Å². The largest absolute Gasteiger partial charge is 3.00 e. The number of benzene rings is 1. The third-order valence-corrected chi connectivity index (χ3v) is 2.80. The Morgan fingerprint density at radius 3 is 1.12 bits per heavy atom. The summed E-state index contributed by atoms with van der Waals surface area (Å²) in [4.78, 5) is 3.12. The summed E-state index contributed by atoms with van der Waals surface area (Å²) in [7, 11) is -14.8. The molecule has 0 radical (unpaired) electrons. The Morgan fingerprint density at radius 1 is 0.515 bits per heavy atom. The maximum Gasteiger partial charge on any atom is 3.00 e. The molecule has 0 spiro atoms. The molecule has 1 aromatic carbocycles. The van der Waals surface area contributed by atoms with Crippen molar-refractivity contribution >= 4 is 10.9 Å². The van der Waals surface area contributed by atoms with Gasteiger partial charge in [-0.3, -0.25) is 0 Å². The number of nitrogens with one attached hydrogen (secondary N) is 1. The van der Waals surface area contributed by atoms with Crippen LogP contribution in [-0.4, -0.2) is 4.98 Å². The van der Waals surface area contributed by atoms with Gasteiger partial charge in [-0.15, -0.1) is 30.7 Å². The number of aromatic nitrogens is 1. The van der Waals surface area contributed by atoms with E-state index in [-0.39, 0.29) is 19.5 Å². The molecule has 0 unspecified atom stereocenters. The monoisotopic (exact) mass is 625 g/mol. The molecule has 33 heavy (non-hydrogen) atoms. The van der Waals surface area contributed by atoms with Crippen LogP contribution in [0.1, 0.15) is 25.7 Å². The van der Waals surface area contributed by atoms with Crippen LogP contribution in [0.25, 0.3) is 10.9 Å². The molecule has 0 saturated carbocycles. The second-order valence-electron chi connectivity index (χ2n) is 5.30. The molecule has 0 atom stereocenters. The van der Waals surface area contributed by atoms with Crippen molar-refractivity contribution in [1.29, 1.82) is 0 Å². The minimum Gasteiger partial charge on any atom is -0.361 e. The van der Waals surface area contributed by atoms with Gasteiger partial charge in [0.05, 0.1) is 0 Å². The van der Waals surface area contributed by atoms with Gasteiger partial charge in [-0.25, -0.2) is 55.9 Å². The van der Waals surface area contributed by atoms with Crippen LogP contribution in [0.15, 0.2) is 60.8 Å². The van der Waals surface area contributed by atoms with Gasteiger partial charge in [-0.1, -0.05) is 42.5 Å². The van der Waals surface area contributed by atoms with Crippen LogP contribution in [0, 0.1) is 30.7 Å². The topological polar surface area (TPSA) is 293 Å². The molecular weight excluding hydrogens is 607 g/mol. The normalized spacial score (nSPS) is 14.1. The van der Waals surface area contributed by atoms with E-state index in [0.717, 1.165) is 0 Å². The van der Waals surface area contributed by atoms with Crippen molar-refractivity contribution in [2.75, 3.05) is 0 Å². The first-order valence-corrected chi connectivity index (χ1v) is 11.8. The molecule has 1 aromatic heterocycles.